The Kier molecular flexibility index (Phi) is 6.54. The van der Waals surface area contributed by atoms with Crippen molar-refractivity contribution < 1.29 is 19.0 Å². The van der Waals surface area contributed by atoms with E-state index in [2.05, 4.69) is 5.32 Å². The Labute approximate surface area is 115 Å². The third-order valence-electron chi connectivity index (χ3n) is 2.64. The zero-order valence-electron chi connectivity index (χ0n) is 12.4. The number of hydrogen-bond donors (Lipinski definition) is 1. The van der Waals surface area contributed by atoms with Crippen LogP contribution >= 0.6 is 0 Å². The first-order valence-corrected chi connectivity index (χ1v) is 6.70. The lowest BCUT2D eigenvalue weighted by Gasteiger charge is -2.40. The van der Waals surface area contributed by atoms with Crippen LogP contribution in [0.25, 0.3) is 0 Å². The van der Waals surface area contributed by atoms with Gasteiger partial charge in [-0.05, 0) is 20.8 Å². The van der Waals surface area contributed by atoms with Crippen LogP contribution in [0.4, 0.5) is 4.79 Å². The molecule has 0 atom stereocenters. The van der Waals surface area contributed by atoms with Crippen LogP contribution in [0.15, 0.2) is 0 Å². The third-order valence-corrected chi connectivity index (χ3v) is 2.64. The summed E-state index contributed by atoms with van der Waals surface area (Å²) in [6.45, 7) is 9.71. The zero-order chi connectivity index (χ0) is 14.3. The van der Waals surface area contributed by atoms with Crippen molar-refractivity contribution in [3.8, 4) is 0 Å². The Bertz CT molecular complexity index is 272. The molecule has 0 aromatic carbocycles. The van der Waals surface area contributed by atoms with Gasteiger partial charge in [-0.1, -0.05) is 0 Å². The number of ether oxygens (including phenoxy) is 3. The van der Waals surface area contributed by atoms with Gasteiger partial charge in [0, 0.05) is 32.8 Å². The summed E-state index contributed by atoms with van der Waals surface area (Å²) in [5.74, 6) is 0. The van der Waals surface area contributed by atoms with E-state index in [1.165, 1.54) is 0 Å². The van der Waals surface area contributed by atoms with E-state index in [0.29, 0.717) is 39.0 Å². The minimum absolute atomic E-state index is 0.234. The fourth-order valence-electron chi connectivity index (χ4n) is 1.66. The van der Waals surface area contributed by atoms with Gasteiger partial charge in [0.05, 0.1) is 19.8 Å². The topological polar surface area (TPSA) is 60.0 Å². The van der Waals surface area contributed by atoms with Crippen LogP contribution in [-0.4, -0.2) is 69.2 Å². The van der Waals surface area contributed by atoms with Crippen molar-refractivity contribution in [1.82, 2.24) is 10.2 Å². The van der Waals surface area contributed by atoms with Crippen molar-refractivity contribution in [2.24, 2.45) is 0 Å². The Morgan fingerprint density at radius 1 is 1.26 bits per heavy atom. The summed E-state index contributed by atoms with van der Waals surface area (Å²) >= 11 is 0. The van der Waals surface area contributed by atoms with E-state index >= 15 is 0 Å². The van der Waals surface area contributed by atoms with Crippen LogP contribution in [0, 0.1) is 0 Å². The molecule has 112 valence electrons. The quantitative estimate of drug-likeness (QED) is 0.698. The fraction of sp³-hybridized carbons (Fsp3) is 0.923. The molecule has 1 aliphatic heterocycles. The van der Waals surface area contributed by atoms with Gasteiger partial charge < -0.3 is 24.4 Å². The number of amides is 1. The summed E-state index contributed by atoms with van der Waals surface area (Å²) in [6.07, 6.45) is -0.234. The van der Waals surface area contributed by atoms with Gasteiger partial charge in [-0.25, -0.2) is 4.79 Å². The van der Waals surface area contributed by atoms with Crippen molar-refractivity contribution in [2.45, 2.75) is 32.4 Å². The summed E-state index contributed by atoms with van der Waals surface area (Å²) in [7, 11) is 1.65. The molecule has 1 heterocycles. The molecule has 1 rings (SSSR count). The van der Waals surface area contributed by atoms with E-state index < -0.39 is 5.60 Å². The second-order valence-electron chi connectivity index (χ2n) is 5.64. The molecule has 19 heavy (non-hydrogen) atoms. The molecule has 1 aliphatic rings. The van der Waals surface area contributed by atoms with Crippen LogP contribution in [0.5, 0.6) is 0 Å². The molecule has 0 aromatic rings. The minimum atomic E-state index is -0.426. The first-order valence-electron chi connectivity index (χ1n) is 6.70. The number of rotatable bonds is 7. The number of methoxy groups -OCH3 is 1. The maximum Gasteiger partial charge on any atom is 0.410 e. The highest BCUT2D eigenvalue weighted by atomic mass is 16.6. The Morgan fingerprint density at radius 3 is 2.53 bits per heavy atom. The molecule has 1 N–H and O–H groups in total. The third kappa shape index (κ3) is 6.75. The SMILES string of the molecule is COCCOCCNC1CN(C(=O)OC(C)(C)C)C1. The molecular formula is C13H26N2O4. The van der Waals surface area contributed by atoms with Crippen molar-refractivity contribution in [1.29, 1.82) is 0 Å². The highest BCUT2D eigenvalue weighted by Crippen LogP contribution is 2.14. The first-order chi connectivity index (χ1) is 8.92. The van der Waals surface area contributed by atoms with E-state index in [1.807, 2.05) is 20.8 Å². The molecule has 0 aromatic heterocycles. The number of nitrogens with one attached hydrogen (secondary N) is 1. The van der Waals surface area contributed by atoms with Gasteiger partial charge in [0.1, 0.15) is 5.60 Å². The normalized spacial score (nSPS) is 16.3. The zero-order valence-corrected chi connectivity index (χ0v) is 12.4. The maximum absolute atomic E-state index is 11.7. The molecular weight excluding hydrogens is 248 g/mol. The largest absolute Gasteiger partial charge is 0.444 e. The van der Waals surface area contributed by atoms with Crippen molar-refractivity contribution >= 4 is 6.09 Å². The molecule has 0 aliphatic carbocycles. The second-order valence-corrected chi connectivity index (χ2v) is 5.64. The molecule has 0 spiro atoms. The summed E-state index contributed by atoms with van der Waals surface area (Å²) in [5.41, 5.74) is -0.426. The van der Waals surface area contributed by atoms with E-state index in [-0.39, 0.29) is 6.09 Å². The van der Waals surface area contributed by atoms with Crippen LogP contribution in [0.2, 0.25) is 0 Å². The lowest BCUT2D eigenvalue weighted by atomic mass is 10.1. The summed E-state index contributed by atoms with van der Waals surface area (Å²) < 4.78 is 15.5. The first kappa shape index (κ1) is 16.2. The van der Waals surface area contributed by atoms with Crippen molar-refractivity contribution in [3.05, 3.63) is 0 Å². The standard InChI is InChI=1S/C13H26N2O4/c1-13(2,3)19-12(16)15-9-11(10-15)14-5-6-18-8-7-17-4/h11,14H,5-10H2,1-4H3. The molecule has 6 heteroatoms. The Hall–Kier alpha value is -0.850. The lowest BCUT2D eigenvalue weighted by Crippen LogP contribution is -2.60. The van der Waals surface area contributed by atoms with Crippen molar-refractivity contribution in [2.75, 3.05) is 46.6 Å². The van der Waals surface area contributed by atoms with Gasteiger partial charge in [0.15, 0.2) is 0 Å². The minimum Gasteiger partial charge on any atom is -0.444 e. The molecule has 1 amide bonds. The number of hydrogen-bond acceptors (Lipinski definition) is 5. The van der Waals surface area contributed by atoms with E-state index in [1.54, 1.807) is 12.0 Å². The summed E-state index contributed by atoms with van der Waals surface area (Å²) in [4.78, 5) is 13.4. The van der Waals surface area contributed by atoms with Gasteiger partial charge in [-0.15, -0.1) is 0 Å². The van der Waals surface area contributed by atoms with Crippen LogP contribution in [-0.2, 0) is 14.2 Å². The predicted molar refractivity (Wildman–Crippen MR) is 72.3 cm³/mol. The summed E-state index contributed by atoms with van der Waals surface area (Å²) in [6, 6.07) is 0.346. The summed E-state index contributed by atoms with van der Waals surface area (Å²) in [5, 5.41) is 3.33. The highest BCUT2D eigenvalue weighted by molar-refractivity contribution is 5.69. The highest BCUT2D eigenvalue weighted by Gasteiger charge is 2.33. The van der Waals surface area contributed by atoms with Crippen molar-refractivity contribution in [3.63, 3.8) is 0 Å². The van der Waals surface area contributed by atoms with Crippen LogP contribution in [0.1, 0.15) is 20.8 Å². The van der Waals surface area contributed by atoms with E-state index in [9.17, 15) is 4.79 Å². The molecule has 0 bridgehead atoms. The molecule has 0 unspecified atom stereocenters. The molecule has 6 nitrogen and oxygen atoms in total. The van der Waals surface area contributed by atoms with Gasteiger partial charge in [0.2, 0.25) is 0 Å². The monoisotopic (exact) mass is 274 g/mol. The van der Waals surface area contributed by atoms with E-state index in [4.69, 9.17) is 14.2 Å². The average molecular weight is 274 g/mol. The Morgan fingerprint density at radius 2 is 1.95 bits per heavy atom. The number of nitrogens with zero attached hydrogens (tertiary/aromatic N) is 1. The van der Waals surface area contributed by atoms with Gasteiger partial charge in [0.25, 0.3) is 0 Å². The Balaban J connectivity index is 1.99. The number of carbonyl (C=O) groups excluding carboxylic acids is 1. The van der Waals surface area contributed by atoms with E-state index in [0.717, 1.165) is 6.54 Å². The lowest BCUT2D eigenvalue weighted by molar-refractivity contribution is 0.00416. The maximum atomic E-state index is 11.7. The van der Waals surface area contributed by atoms with Gasteiger partial charge in [-0.2, -0.15) is 0 Å². The van der Waals surface area contributed by atoms with Gasteiger partial charge in [-0.3, -0.25) is 0 Å². The number of likely N-dealkylation sites (tertiary alicyclic amines) is 1. The molecule has 1 saturated heterocycles. The number of carbonyl (C=O) groups is 1. The molecule has 0 radical (unpaired) electrons. The molecule has 1 fully saturated rings. The fourth-order valence-corrected chi connectivity index (χ4v) is 1.66. The predicted octanol–water partition coefficient (Wildman–Crippen LogP) is 0.858. The molecule has 0 saturated carbocycles. The average Bonchev–Trinajstić information content (AvgIpc) is 2.22. The van der Waals surface area contributed by atoms with Crippen LogP contribution < -0.4 is 5.32 Å². The second kappa shape index (κ2) is 7.67. The smallest absolute Gasteiger partial charge is 0.410 e. The van der Waals surface area contributed by atoms with Crippen LogP contribution in [0.3, 0.4) is 0 Å². The van der Waals surface area contributed by atoms with Gasteiger partial charge >= 0.3 is 6.09 Å².